The van der Waals surface area contributed by atoms with Gasteiger partial charge in [-0.25, -0.2) is 0 Å². The van der Waals surface area contributed by atoms with Gasteiger partial charge in [-0.3, -0.25) is 4.79 Å². The number of hydrogen-bond donors (Lipinski definition) is 1. The third kappa shape index (κ3) is 5.47. The Bertz CT molecular complexity index is 197. The summed E-state index contributed by atoms with van der Waals surface area (Å²) in [6, 6.07) is 0.0277. The molecule has 0 bridgehead atoms. The molecule has 0 aromatic heterocycles. The third-order valence-electron chi connectivity index (χ3n) is 2.89. The van der Waals surface area contributed by atoms with E-state index in [2.05, 4.69) is 26.1 Å². The zero-order valence-electron chi connectivity index (χ0n) is 11.1. The van der Waals surface area contributed by atoms with Gasteiger partial charge < -0.3 is 14.8 Å². The van der Waals surface area contributed by atoms with Crippen LogP contribution in [0.4, 0.5) is 0 Å². The van der Waals surface area contributed by atoms with Crippen molar-refractivity contribution in [2.45, 2.75) is 45.7 Å². The number of ether oxygens (including phenoxy) is 2. The Morgan fingerprint density at radius 1 is 1.31 bits per heavy atom. The molecule has 0 aliphatic heterocycles. The van der Waals surface area contributed by atoms with Crippen molar-refractivity contribution < 1.29 is 14.3 Å². The molecule has 0 saturated heterocycles. The average Bonchev–Trinajstić information content (AvgIpc) is 2.31. The number of esters is 1. The van der Waals surface area contributed by atoms with Crippen LogP contribution < -0.4 is 5.32 Å². The lowest BCUT2D eigenvalue weighted by molar-refractivity contribution is -0.144. The topological polar surface area (TPSA) is 47.6 Å². The zero-order valence-corrected chi connectivity index (χ0v) is 11.1. The van der Waals surface area contributed by atoms with Crippen molar-refractivity contribution in [2.24, 2.45) is 5.92 Å². The summed E-state index contributed by atoms with van der Waals surface area (Å²) in [5, 5.41) is 3.30. The summed E-state index contributed by atoms with van der Waals surface area (Å²) in [6.45, 7) is 6.87. The van der Waals surface area contributed by atoms with E-state index in [-0.39, 0.29) is 24.0 Å². The van der Waals surface area contributed by atoms with E-state index in [9.17, 15) is 4.79 Å². The predicted octanol–water partition coefficient (Wildman–Crippen LogP) is 1.59. The molecule has 0 fully saturated rings. The van der Waals surface area contributed by atoms with Crippen molar-refractivity contribution >= 4 is 5.97 Å². The van der Waals surface area contributed by atoms with E-state index in [0.717, 1.165) is 12.8 Å². The Morgan fingerprint density at radius 2 is 1.94 bits per heavy atom. The first-order valence-corrected chi connectivity index (χ1v) is 5.89. The Labute approximate surface area is 98.7 Å². The first-order chi connectivity index (χ1) is 7.56. The molecule has 3 unspecified atom stereocenters. The minimum atomic E-state index is -0.221. The highest BCUT2D eigenvalue weighted by molar-refractivity contribution is 5.76. The maximum Gasteiger partial charge on any atom is 0.323 e. The van der Waals surface area contributed by atoms with Crippen LogP contribution in [-0.4, -0.2) is 38.9 Å². The summed E-state index contributed by atoms with van der Waals surface area (Å²) in [5.74, 6) is 0.0936. The van der Waals surface area contributed by atoms with Gasteiger partial charge in [0.15, 0.2) is 0 Å². The fraction of sp³-hybridized carbons (Fsp3) is 0.917. The van der Waals surface area contributed by atoms with Crippen LogP contribution in [0.1, 0.15) is 33.6 Å². The lowest BCUT2D eigenvalue weighted by Crippen LogP contribution is -2.47. The summed E-state index contributed by atoms with van der Waals surface area (Å²) in [7, 11) is 3.11. The number of hydrogen-bond acceptors (Lipinski definition) is 4. The van der Waals surface area contributed by atoms with Gasteiger partial charge in [-0.2, -0.15) is 0 Å². The van der Waals surface area contributed by atoms with Crippen molar-refractivity contribution in [1.82, 2.24) is 5.32 Å². The minimum absolute atomic E-state index is 0.182. The predicted molar refractivity (Wildman–Crippen MR) is 64.3 cm³/mol. The summed E-state index contributed by atoms with van der Waals surface area (Å²) in [4.78, 5) is 11.6. The second-order valence-corrected chi connectivity index (χ2v) is 4.24. The van der Waals surface area contributed by atoms with E-state index in [1.54, 1.807) is 7.11 Å². The van der Waals surface area contributed by atoms with Crippen LogP contribution in [0.3, 0.4) is 0 Å². The third-order valence-corrected chi connectivity index (χ3v) is 2.89. The van der Waals surface area contributed by atoms with Crippen molar-refractivity contribution in [3.63, 3.8) is 0 Å². The van der Waals surface area contributed by atoms with Gasteiger partial charge in [-0.1, -0.05) is 20.3 Å². The molecule has 4 heteroatoms. The standard InChI is InChI=1S/C12H25NO3/c1-6-9(2)11(12(14)16-5)13-10(3)7-8-15-4/h9-11,13H,6-8H2,1-5H3. The van der Waals surface area contributed by atoms with Crippen molar-refractivity contribution in [3.8, 4) is 0 Å². The van der Waals surface area contributed by atoms with E-state index in [1.165, 1.54) is 7.11 Å². The first-order valence-electron chi connectivity index (χ1n) is 5.89. The van der Waals surface area contributed by atoms with Gasteiger partial charge in [0.05, 0.1) is 7.11 Å². The Morgan fingerprint density at radius 3 is 2.38 bits per heavy atom. The molecule has 3 atom stereocenters. The molecule has 0 aliphatic rings. The molecule has 0 aromatic rings. The molecule has 4 nitrogen and oxygen atoms in total. The van der Waals surface area contributed by atoms with Crippen molar-refractivity contribution in [3.05, 3.63) is 0 Å². The summed E-state index contributed by atoms with van der Waals surface area (Å²) in [6.07, 6.45) is 1.84. The number of nitrogens with one attached hydrogen (secondary N) is 1. The monoisotopic (exact) mass is 231 g/mol. The van der Waals surface area contributed by atoms with Gasteiger partial charge in [0.25, 0.3) is 0 Å². The zero-order chi connectivity index (χ0) is 12.6. The van der Waals surface area contributed by atoms with Gasteiger partial charge in [0.1, 0.15) is 6.04 Å². The van der Waals surface area contributed by atoms with Gasteiger partial charge in [0.2, 0.25) is 0 Å². The lowest BCUT2D eigenvalue weighted by atomic mass is 9.98. The van der Waals surface area contributed by atoms with Crippen LogP contribution >= 0.6 is 0 Å². The molecule has 0 heterocycles. The molecule has 0 rings (SSSR count). The van der Waals surface area contributed by atoms with Crippen molar-refractivity contribution in [2.75, 3.05) is 20.8 Å². The molecule has 16 heavy (non-hydrogen) atoms. The number of carbonyl (C=O) groups excluding carboxylic acids is 1. The number of rotatable bonds is 8. The highest BCUT2D eigenvalue weighted by Gasteiger charge is 2.25. The largest absolute Gasteiger partial charge is 0.468 e. The molecule has 0 aromatic carbocycles. The van der Waals surface area contributed by atoms with E-state index < -0.39 is 0 Å². The van der Waals surface area contributed by atoms with Crippen LogP contribution in [0.5, 0.6) is 0 Å². The second kappa shape index (κ2) is 8.53. The molecule has 96 valence electrons. The Kier molecular flexibility index (Phi) is 8.21. The first kappa shape index (κ1) is 15.4. The van der Waals surface area contributed by atoms with Gasteiger partial charge in [0, 0.05) is 19.8 Å². The second-order valence-electron chi connectivity index (χ2n) is 4.24. The molecule has 0 amide bonds. The van der Waals surface area contributed by atoms with E-state index in [0.29, 0.717) is 6.61 Å². The Balaban J connectivity index is 4.25. The maximum absolute atomic E-state index is 11.6. The molecular weight excluding hydrogens is 206 g/mol. The SMILES string of the molecule is CCC(C)C(NC(C)CCOC)C(=O)OC. The van der Waals surface area contributed by atoms with Crippen LogP contribution in [-0.2, 0) is 14.3 Å². The fourth-order valence-corrected chi connectivity index (χ4v) is 1.51. The summed E-state index contributed by atoms with van der Waals surface area (Å²) in [5.41, 5.74) is 0. The van der Waals surface area contributed by atoms with E-state index in [1.807, 2.05) is 0 Å². The normalized spacial score (nSPS) is 16.6. The highest BCUT2D eigenvalue weighted by Crippen LogP contribution is 2.10. The molecule has 0 spiro atoms. The summed E-state index contributed by atoms with van der Waals surface area (Å²) < 4.78 is 9.82. The molecular formula is C12H25NO3. The van der Waals surface area contributed by atoms with Gasteiger partial charge >= 0.3 is 5.97 Å². The van der Waals surface area contributed by atoms with Gasteiger partial charge in [-0.05, 0) is 19.3 Å². The van der Waals surface area contributed by atoms with Crippen LogP contribution in [0.15, 0.2) is 0 Å². The van der Waals surface area contributed by atoms with Crippen LogP contribution in [0.2, 0.25) is 0 Å². The highest BCUT2D eigenvalue weighted by atomic mass is 16.5. The number of methoxy groups -OCH3 is 2. The molecule has 0 aliphatic carbocycles. The Hall–Kier alpha value is -0.610. The van der Waals surface area contributed by atoms with Crippen LogP contribution in [0, 0.1) is 5.92 Å². The van der Waals surface area contributed by atoms with E-state index in [4.69, 9.17) is 9.47 Å². The van der Waals surface area contributed by atoms with Gasteiger partial charge in [-0.15, -0.1) is 0 Å². The molecule has 0 saturated carbocycles. The average molecular weight is 231 g/mol. The van der Waals surface area contributed by atoms with Crippen LogP contribution in [0.25, 0.3) is 0 Å². The quantitative estimate of drug-likeness (QED) is 0.644. The van der Waals surface area contributed by atoms with Crippen molar-refractivity contribution in [1.29, 1.82) is 0 Å². The van der Waals surface area contributed by atoms with E-state index >= 15 is 0 Å². The summed E-state index contributed by atoms with van der Waals surface area (Å²) >= 11 is 0. The molecule has 1 N–H and O–H groups in total. The smallest absolute Gasteiger partial charge is 0.323 e. The maximum atomic E-state index is 11.6. The molecule has 0 radical (unpaired) electrons. The minimum Gasteiger partial charge on any atom is -0.468 e. The fourth-order valence-electron chi connectivity index (χ4n) is 1.51. The lowest BCUT2D eigenvalue weighted by Gasteiger charge is -2.25. The number of carbonyl (C=O) groups is 1.